The van der Waals surface area contributed by atoms with Crippen molar-refractivity contribution in [2.45, 2.75) is 39.3 Å². The molecular weight excluding hydrogens is 376 g/mol. The molecule has 0 aliphatic carbocycles. The van der Waals surface area contributed by atoms with E-state index >= 15 is 0 Å². The number of likely N-dealkylation sites (tertiary alicyclic amines) is 1. The lowest BCUT2D eigenvalue weighted by Gasteiger charge is -2.30. The Bertz CT molecular complexity index is 992. The van der Waals surface area contributed by atoms with Gasteiger partial charge in [0.25, 0.3) is 5.91 Å². The fourth-order valence-electron chi connectivity index (χ4n) is 4.46. The van der Waals surface area contributed by atoms with Gasteiger partial charge in [-0.2, -0.15) is 10.2 Å². The number of amides is 1. The number of H-pyrrole nitrogens is 1. The number of nitrogens with one attached hydrogen (secondary N) is 1. The van der Waals surface area contributed by atoms with Crippen LogP contribution in [0.3, 0.4) is 0 Å². The quantitative estimate of drug-likeness (QED) is 0.654. The molecule has 1 N–H and O–H groups in total. The summed E-state index contributed by atoms with van der Waals surface area (Å²) in [7, 11) is 1.83. The van der Waals surface area contributed by atoms with Gasteiger partial charge in [-0.1, -0.05) is 37.3 Å². The number of hydrogen-bond acceptors (Lipinski definition) is 4. The van der Waals surface area contributed by atoms with Crippen LogP contribution in [0.4, 0.5) is 0 Å². The third-order valence-electron chi connectivity index (χ3n) is 5.99. The highest BCUT2D eigenvalue weighted by Gasteiger charge is 2.29. The lowest BCUT2D eigenvalue weighted by molar-refractivity contribution is 0.0681. The van der Waals surface area contributed by atoms with Crippen LogP contribution >= 0.6 is 0 Å². The third kappa shape index (κ3) is 4.16. The van der Waals surface area contributed by atoms with E-state index in [-0.39, 0.29) is 5.91 Å². The number of rotatable bonds is 7. The van der Waals surface area contributed by atoms with E-state index < -0.39 is 0 Å². The maximum absolute atomic E-state index is 13.6. The van der Waals surface area contributed by atoms with Gasteiger partial charge in [0.2, 0.25) is 0 Å². The Morgan fingerprint density at radius 2 is 2.10 bits per heavy atom. The molecule has 30 heavy (non-hydrogen) atoms. The van der Waals surface area contributed by atoms with Crippen LogP contribution in [0.15, 0.2) is 42.6 Å². The molecule has 0 radical (unpaired) electrons. The zero-order chi connectivity index (χ0) is 21.1. The molecule has 3 aromatic rings. The normalized spacial score (nSPS) is 16.8. The highest BCUT2D eigenvalue weighted by molar-refractivity contribution is 5.92. The largest absolute Gasteiger partial charge is 0.331 e. The number of hydrogen-bond donors (Lipinski definition) is 1. The molecule has 1 aliphatic rings. The molecule has 1 saturated heterocycles. The van der Waals surface area contributed by atoms with Crippen LogP contribution in [-0.2, 0) is 13.6 Å². The Balaban J connectivity index is 1.63. The smallest absolute Gasteiger partial charge is 0.272 e. The van der Waals surface area contributed by atoms with Crippen molar-refractivity contribution in [1.82, 2.24) is 29.8 Å². The summed E-state index contributed by atoms with van der Waals surface area (Å²) in [6.07, 6.45) is 4.15. The van der Waals surface area contributed by atoms with Crippen molar-refractivity contribution in [2.24, 2.45) is 7.05 Å². The zero-order valence-corrected chi connectivity index (χ0v) is 18.0. The lowest BCUT2D eigenvalue weighted by Crippen LogP contribution is -2.43. The van der Waals surface area contributed by atoms with Crippen LogP contribution < -0.4 is 0 Å². The van der Waals surface area contributed by atoms with Crippen molar-refractivity contribution in [3.63, 3.8) is 0 Å². The molecule has 1 atom stereocenters. The van der Waals surface area contributed by atoms with Crippen molar-refractivity contribution in [2.75, 3.05) is 19.6 Å². The van der Waals surface area contributed by atoms with E-state index in [9.17, 15) is 4.79 Å². The van der Waals surface area contributed by atoms with Crippen LogP contribution in [0.1, 0.15) is 41.5 Å². The molecule has 1 amide bonds. The molecule has 4 rings (SSSR count). The predicted molar refractivity (Wildman–Crippen MR) is 117 cm³/mol. The summed E-state index contributed by atoms with van der Waals surface area (Å²) in [5, 5.41) is 11.8. The third-order valence-corrected chi connectivity index (χ3v) is 5.99. The Morgan fingerprint density at radius 1 is 1.30 bits per heavy atom. The van der Waals surface area contributed by atoms with E-state index in [0.29, 0.717) is 24.8 Å². The molecule has 7 heteroatoms. The van der Waals surface area contributed by atoms with Gasteiger partial charge in [-0.25, -0.2) is 0 Å². The van der Waals surface area contributed by atoms with Gasteiger partial charge < -0.3 is 4.90 Å². The van der Waals surface area contributed by atoms with Crippen molar-refractivity contribution >= 4 is 5.91 Å². The molecule has 1 aromatic carbocycles. The van der Waals surface area contributed by atoms with E-state index in [4.69, 9.17) is 0 Å². The second-order valence-corrected chi connectivity index (χ2v) is 8.04. The summed E-state index contributed by atoms with van der Waals surface area (Å²) >= 11 is 0. The minimum atomic E-state index is 0.0151. The lowest BCUT2D eigenvalue weighted by atomic mass is 10.1. The monoisotopic (exact) mass is 406 g/mol. The average Bonchev–Trinajstić information content (AvgIpc) is 3.47. The first kappa shape index (κ1) is 20.3. The molecule has 0 spiro atoms. The molecule has 7 nitrogen and oxygen atoms in total. The fraction of sp³-hybridized carbons (Fsp3) is 0.435. The minimum Gasteiger partial charge on any atom is -0.331 e. The number of carbonyl (C=O) groups excluding carboxylic acids is 1. The first-order valence-electron chi connectivity index (χ1n) is 10.7. The van der Waals surface area contributed by atoms with Gasteiger partial charge in [-0.05, 0) is 44.5 Å². The zero-order valence-electron chi connectivity index (χ0n) is 18.0. The standard InChI is InChI=1S/C23H30N6O/c1-4-28-12-8-11-20(28)16-29(23(30)21-13-17(2)26-27(21)3)15-19-14-24-25-22(19)18-9-6-5-7-10-18/h5-7,9-10,13-14,20H,4,8,11-12,15-16H2,1-3H3,(H,24,25)/t20-/m0/s1. The topological polar surface area (TPSA) is 70.1 Å². The molecule has 0 unspecified atom stereocenters. The maximum Gasteiger partial charge on any atom is 0.272 e. The summed E-state index contributed by atoms with van der Waals surface area (Å²) < 4.78 is 1.68. The molecule has 1 fully saturated rings. The Hall–Kier alpha value is -2.93. The number of aryl methyl sites for hydroxylation is 2. The van der Waals surface area contributed by atoms with Crippen molar-refractivity contribution in [1.29, 1.82) is 0 Å². The summed E-state index contributed by atoms with van der Waals surface area (Å²) in [4.78, 5) is 18.0. The van der Waals surface area contributed by atoms with Gasteiger partial charge >= 0.3 is 0 Å². The van der Waals surface area contributed by atoms with Crippen LogP contribution in [0.25, 0.3) is 11.3 Å². The number of aromatic amines is 1. The minimum absolute atomic E-state index is 0.0151. The van der Waals surface area contributed by atoms with E-state index in [1.807, 2.05) is 49.3 Å². The molecule has 2 aromatic heterocycles. The molecule has 0 bridgehead atoms. The number of carbonyl (C=O) groups is 1. The van der Waals surface area contributed by atoms with E-state index in [1.165, 1.54) is 6.42 Å². The van der Waals surface area contributed by atoms with Gasteiger partial charge in [-0.3, -0.25) is 19.5 Å². The van der Waals surface area contributed by atoms with Gasteiger partial charge in [0, 0.05) is 31.7 Å². The highest BCUT2D eigenvalue weighted by atomic mass is 16.2. The summed E-state index contributed by atoms with van der Waals surface area (Å²) in [6, 6.07) is 12.4. The molecule has 158 valence electrons. The van der Waals surface area contributed by atoms with Gasteiger partial charge in [-0.15, -0.1) is 0 Å². The number of likely N-dealkylation sites (N-methyl/N-ethyl adjacent to an activating group) is 1. The van der Waals surface area contributed by atoms with Crippen molar-refractivity contribution in [3.8, 4) is 11.3 Å². The first-order valence-corrected chi connectivity index (χ1v) is 10.7. The van der Waals surface area contributed by atoms with Crippen molar-refractivity contribution in [3.05, 3.63) is 59.5 Å². The molecular formula is C23H30N6O. The summed E-state index contributed by atoms with van der Waals surface area (Å²) in [5.74, 6) is 0.0151. The van der Waals surface area contributed by atoms with Gasteiger partial charge in [0.05, 0.1) is 17.6 Å². The van der Waals surface area contributed by atoms with Crippen LogP contribution in [0, 0.1) is 6.92 Å². The van der Waals surface area contributed by atoms with E-state index in [0.717, 1.165) is 42.0 Å². The fourth-order valence-corrected chi connectivity index (χ4v) is 4.46. The van der Waals surface area contributed by atoms with E-state index in [2.05, 4.69) is 39.3 Å². The predicted octanol–water partition coefficient (Wildman–Crippen LogP) is 3.25. The average molecular weight is 407 g/mol. The Morgan fingerprint density at radius 3 is 2.80 bits per heavy atom. The summed E-state index contributed by atoms with van der Waals surface area (Å²) in [6.45, 7) is 7.45. The first-order chi connectivity index (χ1) is 14.6. The second-order valence-electron chi connectivity index (χ2n) is 8.04. The van der Waals surface area contributed by atoms with Gasteiger partial charge in [0.1, 0.15) is 5.69 Å². The number of benzene rings is 1. The number of nitrogens with zero attached hydrogens (tertiary/aromatic N) is 5. The Kier molecular flexibility index (Phi) is 5.99. The molecule has 0 saturated carbocycles. The summed E-state index contributed by atoms with van der Waals surface area (Å²) in [5.41, 5.74) is 4.54. The Labute approximate surface area is 177 Å². The molecule has 3 heterocycles. The van der Waals surface area contributed by atoms with Gasteiger partial charge in [0.15, 0.2) is 0 Å². The van der Waals surface area contributed by atoms with E-state index in [1.54, 1.807) is 4.68 Å². The van der Waals surface area contributed by atoms with Crippen LogP contribution in [0.2, 0.25) is 0 Å². The van der Waals surface area contributed by atoms with Crippen LogP contribution in [0.5, 0.6) is 0 Å². The maximum atomic E-state index is 13.6. The second kappa shape index (κ2) is 8.83. The number of aromatic nitrogens is 4. The SMILES string of the molecule is CCN1CCC[C@H]1CN(Cc1cn[nH]c1-c1ccccc1)C(=O)c1cc(C)nn1C. The highest BCUT2D eigenvalue weighted by Crippen LogP contribution is 2.25. The van der Waals surface area contributed by atoms with Crippen LogP contribution in [-0.4, -0.2) is 61.4 Å². The molecule has 1 aliphatic heterocycles. The van der Waals surface area contributed by atoms with Crippen molar-refractivity contribution < 1.29 is 4.79 Å².